The smallest absolute Gasteiger partial charge is 0.243 e. The van der Waals surface area contributed by atoms with Gasteiger partial charge in [0.15, 0.2) is 0 Å². The maximum Gasteiger partial charge on any atom is 0.243 e. The molecular formula is C28H40ClN3O5S. The van der Waals surface area contributed by atoms with Gasteiger partial charge in [0.2, 0.25) is 21.8 Å². The van der Waals surface area contributed by atoms with Gasteiger partial charge in [-0.2, -0.15) is 0 Å². The van der Waals surface area contributed by atoms with Crippen molar-refractivity contribution in [2.45, 2.75) is 72.0 Å². The zero-order valence-corrected chi connectivity index (χ0v) is 24.5. The molecule has 0 spiro atoms. The van der Waals surface area contributed by atoms with E-state index >= 15 is 0 Å². The summed E-state index contributed by atoms with van der Waals surface area (Å²) in [4.78, 5) is 28.2. The molecule has 0 saturated carbocycles. The molecule has 0 aliphatic rings. The lowest BCUT2D eigenvalue weighted by Crippen LogP contribution is -2.50. The zero-order valence-electron chi connectivity index (χ0n) is 22.9. The Bertz CT molecular complexity index is 1170. The molecule has 0 aliphatic heterocycles. The lowest BCUT2D eigenvalue weighted by molar-refractivity contribution is -0.141. The number of nitrogens with one attached hydrogen (secondary N) is 1. The molecule has 0 saturated heterocycles. The molecule has 0 aliphatic carbocycles. The third-order valence-corrected chi connectivity index (χ3v) is 7.82. The van der Waals surface area contributed by atoms with Crippen molar-refractivity contribution < 1.29 is 22.7 Å². The molecule has 0 bridgehead atoms. The van der Waals surface area contributed by atoms with Gasteiger partial charge in [0.1, 0.15) is 11.8 Å². The van der Waals surface area contributed by atoms with Crippen molar-refractivity contribution in [1.82, 2.24) is 10.2 Å². The summed E-state index contributed by atoms with van der Waals surface area (Å²) in [6.07, 6.45) is 2.64. The molecule has 2 atom stereocenters. The van der Waals surface area contributed by atoms with Gasteiger partial charge >= 0.3 is 0 Å². The van der Waals surface area contributed by atoms with Gasteiger partial charge in [-0.3, -0.25) is 13.9 Å². The standard InChI is InChI=1S/C28H40ClN3O5S/c1-6-21(4)30-28(34)24(7-2)31(20-22-14-9-10-15-23(22)29)27(33)18-13-19-32(38(5,35)36)25-16-11-12-17-26(25)37-8-3/h9-12,14-17,21,24H,6-8,13,18-20H2,1-5H3,(H,30,34)/t21-,24-/m1/s1. The topological polar surface area (TPSA) is 96.0 Å². The molecule has 0 heterocycles. The normalized spacial score (nSPS) is 12.9. The zero-order chi connectivity index (χ0) is 28.3. The Balaban J connectivity index is 2.27. The summed E-state index contributed by atoms with van der Waals surface area (Å²) in [6.45, 7) is 8.25. The van der Waals surface area contributed by atoms with E-state index in [0.717, 1.165) is 18.2 Å². The van der Waals surface area contributed by atoms with Gasteiger partial charge < -0.3 is 15.0 Å². The van der Waals surface area contributed by atoms with Crippen molar-refractivity contribution >= 4 is 39.1 Å². The third-order valence-electron chi connectivity index (χ3n) is 6.27. The lowest BCUT2D eigenvalue weighted by atomic mass is 10.1. The van der Waals surface area contributed by atoms with Crippen LogP contribution in [0.3, 0.4) is 0 Å². The first kappa shape index (κ1) is 31.4. The van der Waals surface area contributed by atoms with E-state index in [-0.39, 0.29) is 43.8 Å². The highest BCUT2D eigenvalue weighted by atomic mass is 35.5. The van der Waals surface area contributed by atoms with Crippen LogP contribution >= 0.6 is 11.6 Å². The highest BCUT2D eigenvalue weighted by molar-refractivity contribution is 7.92. The van der Waals surface area contributed by atoms with Crippen LogP contribution in [0.4, 0.5) is 5.69 Å². The van der Waals surface area contributed by atoms with E-state index in [1.807, 2.05) is 45.9 Å². The van der Waals surface area contributed by atoms with Crippen molar-refractivity contribution in [2.24, 2.45) is 0 Å². The number of anilines is 1. The minimum atomic E-state index is -3.64. The van der Waals surface area contributed by atoms with Gasteiger partial charge in [-0.25, -0.2) is 8.42 Å². The average molecular weight is 566 g/mol. The Labute approximate surface area is 232 Å². The second-order valence-corrected chi connectivity index (χ2v) is 11.5. The Morgan fingerprint density at radius 3 is 2.29 bits per heavy atom. The summed E-state index contributed by atoms with van der Waals surface area (Å²) in [7, 11) is -3.64. The van der Waals surface area contributed by atoms with Gasteiger partial charge in [0, 0.05) is 30.6 Å². The van der Waals surface area contributed by atoms with Crippen molar-refractivity contribution in [3.8, 4) is 5.75 Å². The van der Waals surface area contributed by atoms with Crippen LogP contribution in [-0.2, 0) is 26.2 Å². The minimum absolute atomic E-state index is 0.0254. The molecule has 0 radical (unpaired) electrons. The maximum atomic E-state index is 13.6. The van der Waals surface area contributed by atoms with E-state index in [2.05, 4.69) is 5.32 Å². The molecular weight excluding hydrogens is 526 g/mol. The predicted molar refractivity (Wildman–Crippen MR) is 153 cm³/mol. The fourth-order valence-electron chi connectivity index (χ4n) is 4.09. The second kappa shape index (κ2) is 15.0. The molecule has 10 heteroatoms. The minimum Gasteiger partial charge on any atom is -0.492 e. The van der Waals surface area contributed by atoms with Crippen LogP contribution < -0.4 is 14.4 Å². The van der Waals surface area contributed by atoms with Gasteiger partial charge in [-0.1, -0.05) is 55.8 Å². The maximum absolute atomic E-state index is 13.6. The number of halogens is 1. The van der Waals surface area contributed by atoms with Crippen LogP contribution in [0.25, 0.3) is 0 Å². The second-order valence-electron chi connectivity index (χ2n) is 9.19. The number of ether oxygens (including phenoxy) is 1. The van der Waals surface area contributed by atoms with E-state index in [0.29, 0.717) is 29.5 Å². The van der Waals surface area contributed by atoms with Crippen LogP contribution in [0, 0.1) is 0 Å². The van der Waals surface area contributed by atoms with Crippen LogP contribution in [-0.4, -0.2) is 56.6 Å². The number of hydrogen-bond donors (Lipinski definition) is 1. The van der Waals surface area contributed by atoms with Gasteiger partial charge in [-0.15, -0.1) is 0 Å². The molecule has 210 valence electrons. The number of carbonyl (C=O) groups is 2. The van der Waals surface area contributed by atoms with E-state index in [1.165, 1.54) is 4.31 Å². The van der Waals surface area contributed by atoms with E-state index in [9.17, 15) is 18.0 Å². The first-order chi connectivity index (χ1) is 18.0. The molecule has 1 N–H and O–H groups in total. The number of carbonyl (C=O) groups excluding carboxylic acids is 2. The Morgan fingerprint density at radius 2 is 1.68 bits per heavy atom. The molecule has 0 unspecified atom stereocenters. The molecule has 38 heavy (non-hydrogen) atoms. The Hall–Kier alpha value is -2.78. The fourth-order valence-corrected chi connectivity index (χ4v) is 5.26. The van der Waals surface area contributed by atoms with E-state index in [4.69, 9.17) is 16.3 Å². The molecule has 2 aromatic carbocycles. The highest BCUT2D eigenvalue weighted by Gasteiger charge is 2.30. The number of amides is 2. The van der Waals surface area contributed by atoms with E-state index < -0.39 is 16.1 Å². The summed E-state index contributed by atoms with van der Waals surface area (Å²) in [6, 6.07) is 13.4. The number of rotatable bonds is 15. The lowest BCUT2D eigenvalue weighted by Gasteiger charge is -2.32. The molecule has 0 fully saturated rings. The quantitative estimate of drug-likeness (QED) is 0.327. The van der Waals surface area contributed by atoms with Gasteiger partial charge in [-0.05, 0) is 56.9 Å². The summed E-state index contributed by atoms with van der Waals surface area (Å²) >= 11 is 6.39. The largest absolute Gasteiger partial charge is 0.492 e. The number of nitrogens with zero attached hydrogens (tertiary/aromatic N) is 2. The van der Waals surface area contributed by atoms with Crippen LogP contribution in [0.15, 0.2) is 48.5 Å². The number of sulfonamides is 1. The highest BCUT2D eigenvalue weighted by Crippen LogP contribution is 2.30. The Kier molecular flexibility index (Phi) is 12.4. The summed E-state index contributed by atoms with van der Waals surface area (Å²) in [5, 5.41) is 3.50. The molecule has 2 aromatic rings. The number of para-hydroxylation sites is 2. The molecule has 2 amide bonds. The van der Waals surface area contributed by atoms with E-state index in [1.54, 1.807) is 35.2 Å². The third kappa shape index (κ3) is 8.91. The van der Waals surface area contributed by atoms with Crippen LogP contribution in [0.5, 0.6) is 5.75 Å². The van der Waals surface area contributed by atoms with Crippen molar-refractivity contribution in [3.05, 3.63) is 59.1 Å². The van der Waals surface area contributed by atoms with Crippen LogP contribution in [0.1, 0.15) is 58.9 Å². The Morgan fingerprint density at radius 1 is 1.03 bits per heavy atom. The van der Waals surface area contributed by atoms with Gasteiger partial charge in [0.05, 0.1) is 18.6 Å². The first-order valence-electron chi connectivity index (χ1n) is 13.1. The molecule has 2 rings (SSSR count). The summed E-state index contributed by atoms with van der Waals surface area (Å²) in [5.41, 5.74) is 1.16. The fraction of sp³-hybridized carbons (Fsp3) is 0.500. The van der Waals surface area contributed by atoms with Crippen LogP contribution in [0.2, 0.25) is 5.02 Å². The van der Waals surface area contributed by atoms with Crippen molar-refractivity contribution in [1.29, 1.82) is 0 Å². The van der Waals surface area contributed by atoms with Gasteiger partial charge in [0.25, 0.3) is 0 Å². The molecule has 0 aromatic heterocycles. The van der Waals surface area contributed by atoms with Crippen molar-refractivity contribution in [3.63, 3.8) is 0 Å². The monoisotopic (exact) mass is 565 g/mol. The number of hydrogen-bond acceptors (Lipinski definition) is 5. The summed E-state index contributed by atoms with van der Waals surface area (Å²) < 4.78 is 32.2. The predicted octanol–water partition coefficient (Wildman–Crippen LogP) is 5.01. The molecule has 8 nitrogen and oxygen atoms in total. The summed E-state index contributed by atoms with van der Waals surface area (Å²) in [5.74, 6) is -0.00636. The number of benzene rings is 2. The first-order valence-corrected chi connectivity index (χ1v) is 15.3. The average Bonchev–Trinajstić information content (AvgIpc) is 2.87. The van der Waals surface area contributed by atoms with Crippen molar-refractivity contribution in [2.75, 3.05) is 23.7 Å². The SMILES string of the molecule is CCOc1ccccc1N(CCCC(=O)N(Cc1ccccc1Cl)[C@H](CC)C(=O)N[C@H](C)CC)S(C)(=O)=O.